The molecule has 2 aromatic heterocycles. The van der Waals surface area contributed by atoms with E-state index >= 15 is 0 Å². The van der Waals surface area contributed by atoms with Gasteiger partial charge in [-0.2, -0.15) is 5.10 Å². The fourth-order valence-corrected chi connectivity index (χ4v) is 1.66. The molecule has 90 valence electrons. The Hall–Kier alpha value is -1.75. The van der Waals surface area contributed by atoms with Gasteiger partial charge in [0.05, 0.1) is 18.0 Å². The first kappa shape index (κ1) is 11.7. The largest absolute Gasteiger partial charge is 0.390 e. The van der Waals surface area contributed by atoms with E-state index in [4.69, 9.17) is 5.11 Å². The van der Waals surface area contributed by atoms with Gasteiger partial charge in [-0.25, -0.2) is 9.67 Å². The van der Waals surface area contributed by atoms with Crippen molar-refractivity contribution in [2.24, 2.45) is 0 Å². The van der Waals surface area contributed by atoms with Gasteiger partial charge >= 0.3 is 0 Å². The second-order valence-electron chi connectivity index (χ2n) is 3.73. The summed E-state index contributed by atoms with van der Waals surface area (Å²) >= 11 is 0. The highest BCUT2D eigenvalue weighted by Gasteiger charge is 2.09. The van der Waals surface area contributed by atoms with E-state index in [1.165, 1.54) is 0 Å². The average Bonchev–Trinajstić information content (AvgIpc) is 2.82. The maximum absolute atomic E-state index is 9.08. The maximum atomic E-state index is 9.08. The number of hydrogen-bond donors (Lipinski definition) is 1. The molecule has 0 aliphatic carbocycles. The second-order valence-corrected chi connectivity index (χ2v) is 3.73. The summed E-state index contributed by atoms with van der Waals surface area (Å²) in [5, 5.41) is 13.5. The summed E-state index contributed by atoms with van der Waals surface area (Å²) in [6.45, 7) is 4.02. The van der Waals surface area contributed by atoms with Crippen LogP contribution in [0.3, 0.4) is 0 Å². The fourth-order valence-electron chi connectivity index (χ4n) is 1.66. The molecule has 17 heavy (non-hydrogen) atoms. The molecule has 0 aromatic carbocycles. The highest BCUT2D eigenvalue weighted by atomic mass is 16.3. The van der Waals surface area contributed by atoms with Crippen molar-refractivity contribution in [3.05, 3.63) is 35.7 Å². The number of rotatable bonds is 4. The fraction of sp³-hybridized carbons (Fsp3) is 0.417. The van der Waals surface area contributed by atoms with E-state index in [1.807, 2.05) is 30.7 Å². The van der Waals surface area contributed by atoms with Crippen LogP contribution in [0.5, 0.6) is 0 Å². The van der Waals surface area contributed by atoms with Crippen LogP contribution in [0, 0.1) is 0 Å². The van der Waals surface area contributed by atoms with Crippen molar-refractivity contribution in [2.45, 2.75) is 33.3 Å². The molecular formula is C12H16N4O. The molecule has 2 rings (SSSR count). The second kappa shape index (κ2) is 5.05. The first-order valence-electron chi connectivity index (χ1n) is 5.79. The lowest BCUT2D eigenvalue weighted by Crippen LogP contribution is -2.03. The zero-order valence-corrected chi connectivity index (χ0v) is 10.1. The topological polar surface area (TPSA) is 63.8 Å². The van der Waals surface area contributed by atoms with Gasteiger partial charge < -0.3 is 5.11 Å². The van der Waals surface area contributed by atoms with Gasteiger partial charge in [0, 0.05) is 19.0 Å². The summed E-state index contributed by atoms with van der Waals surface area (Å²) < 4.78 is 1.82. The Bertz CT molecular complexity index is 507. The first-order valence-corrected chi connectivity index (χ1v) is 5.79. The molecule has 1 N–H and O–H groups in total. The van der Waals surface area contributed by atoms with Crippen LogP contribution in [0.25, 0.3) is 5.69 Å². The highest BCUT2D eigenvalue weighted by Crippen LogP contribution is 2.11. The van der Waals surface area contributed by atoms with Gasteiger partial charge in [-0.15, -0.1) is 0 Å². The van der Waals surface area contributed by atoms with Gasteiger partial charge in [-0.3, -0.25) is 4.98 Å². The van der Waals surface area contributed by atoms with Crippen molar-refractivity contribution >= 4 is 0 Å². The first-order chi connectivity index (χ1) is 8.28. The van der Waals surface area contributed by atoms with Crippen LogP contribution in [0.4, 0.5) is 0 Å². The van der Waals surface area contributed by atoms with Crippen LogP contribution < -0.4 is 0 Å². The molecule has 2 aromatic rings. The molecule has 0 amide bonds. The Morgan fingerprint density at radius 2 is 2.12 bits per heavy atom. The minimum atomic E-state index is -0.0649. The third-order valence-corrected chi connectivity index (χ3v) is 2.56. The van der Waals surface area contributed by atoms with Crippen LogP contribution in [0.2, 0.25) is 0 Å². The van der Waals surface area contributed by atoms with E-state index in [2.05, 4.69) is 15.1 Å². The van der Waals surface area contributed by atoms with Gasteiger partial charge in [0.15, 0.2) is 5.82 Å². The third-order valence-electron chi connectivity index (χ3n) is 2.56. The molecule has 0 aliphatic rings. The zero-order chi connectivity index (χ0) is 12.3. The molecule has 0 unspecified atom stereocenters. The lowest BCUT2D eigenvalue weighted by atomic mass is 10.3. The molecule has 0 saturated carbocycles. The molecule has 2 heterocycles. The Morgan fingerprint density at radius 1 is 1.29 bits per heavy atom. The number of aliphatic hydroxyl groups excluding tert-OH is 1. The van der Waals surface area contributed by atoms with Crippen molar-refractivity contribution in [2.75, 3.05) is 0 Å². The molecule has 0 bridgehead atoms. The lowest BCUT2D eigenvalue weighted by Gasteiger charge is -2.05. The van der Waals surface area contributed by atoms with Gasteiger partial charge in [0.25, 0.3) is 0 Å². The van der Waals surface area contributed by atoms with Crippen molar-refractivity contribution in [3.8, 4) is 5.69 Å². The number of aliphatic hydroxyl groups is 1. The van der Waals surface area contributed by atoms with E-state index < -0.39 is 0 Å². The Kier molecular flexibility index (Phi) is 3.49. The molecule has 0 atom stereocenters. The molecule has 5 heteroatoms. The summed E-state index contributed by atoms with van der Waals surface area (Å²) in [7, 11) is 0. The summed E-state index contributed by atoms with van der Waals surface area (Å²) in [5.74, 6) is 1.76. The van der Waals surface area contributed by atoms with Crippen molar-refractivity contribution in [3.63, 3.8) is 0 Å². The molecule has 0 radical (unpaired) electrons. The Labute approximate surface area is 100 Å². The number of aryl methyl sites for hydroxylation is 2. The minimum absolute atomic E-state index is 0.0649. The monoisotopic (exact) mass is 232 g/mol. The van der Waals surface area contributed by atoms with Crippen LogP contribution in [-0.4, -0.2) is 24.9 Å². The van der Waals surface area contributed by atoms with Gasteiger partial charge in [0.2, 0.25) is 0 Å². The molecule has 0 saturated heterocycles. The van der Waals surface area contributed by atoms with E-state index in [0.717, 1.165) is 30.2 Å². The highest BCUT2D eigenvalue weighted by molar-refractivity contribution is 5.32. The maximum Gasteiger partial charge on any atom is 0.151 e. The smallest absolute Gasteiger partial charge is 0.151 e. The Morgan fingerprint density at radius 3 is 2.76 bits per heavy atom. The summed E-state index contributed by atoms with van der Waals surface area (Å²) in [4.78, 5) is 8.50. The predicted molar refractivity (Wildman–Crippen MR) is 63.8 cm³/mol. The predicted octanol–water partition coefficient (Wildman–Crippen LogP) is 1.28. The van der Waals surface area contributed by atoms with E-state index in [1.54, 1.807) is 6.20 Å². The van der Waals surface area contributed by atoms with Crippen molar-refractivity contribution in [1.29, 1.82) is 0 Å². The number of hydrogen-bond acceptors (Lipinski definition) is 4. The summed E-state index contributed by atoms with van der Waals surface area (Å²) in [6, 6.07) is 3.69. The van der Waals surface area contributed by atoms with Crippen LogP contribution >= 0.6 is 0 Å². The zero-order valence-electron chi connectivity index (χ0n) is 10.1. The minimum Gasteiger partial charge on any atom is -0.390 e. The lowest BCUT2D eigenvalue weighted by molar-refractivity contribution is 0.277. The van der Waals surface area contributed by atoms with Gasteiger partial charge in [-0.1, -0.05) is 13.8 Å². The molecule has 5 nitrogen and oxygen atoms in total. The van der Waals surface area contributed by atoms with Crippen LogP contribution in [0.1, 0.15) is 31.2 Å². The Balaban J connectivity index is 2.47. The van der Waals surface area contributed by atoms with E-state index in [-0.39, 0.29) is 6.61 Å². The molecule has 0 spiro atoms. The van der Waals surface area contributed by atoms with E-state index in [9.17, 15) is 0 Å². The number of nitrogens with zero attached hydrogens (tertiary/aromatic N) is 4. The quantitative estimate of drug-likeness (QED) is 0.862. The normalized spacial score (nSPS) is 10.8. The third kappa shape index (κ3) is 2.34. The standard InChI is InChI=1S/C12H16N4O/c1-3-11-14-12(4-2)16(15-11)10-5-6-13-9(7-10)8-17/h5-7,17H,3-4,8H2,1-2H3. The number of aromatic nitrogens is 4. The van der Waals surface area contributed by atoms with Crippen LogP contribution in [-0.2, 0) is 19.4 Å². The van der Waals surface area contributed by atoms with E-state index in [0.29, 0.717) is 5.69 Å². The van der Waals surface area contributed by atoms with Gasteiger partial charge in [-0.05, 0) is 12.1 Å². The molecule has 0 fully saturated rings. The number of pyridine rings is 1. The average molecular weight is 232 g/mol. The van der Waals surface area contributed by atoms with Crippen molar-refractivity contribution in [1.82, 2.24) is 19.7 Å². The SMILES string of the molecule is CCc1nc(CC)n(-c2ccnc(CO)c2)n1. The summed E-state index contributed by atoms with van der Waals surface area (Å²) in [5.41, 5.74) is 1.53. The molecular weight excluding hydrogens is 216 g/mol. The summed E-state index contributed by atoms with van der Waals surface area (Å²) in [6.07, 6.45) is 3.31. The van der Waals surface area contributed by atoms with Crippen molar-refractivity contribution < 1.29 is 5.11 Å². The molecule has 0 aliphatic heterocycles. The van der Waals surface area contributed by atoms with Gasteiger partial charge in [0.1, 0.15) is 5.82 Å². The van der Waals surface area contributed by atoms with Crippen LogP contribution in [0.15, 0.2) is 18.3 Å².